The van der Waals surface area contributed by atoms with Gasteiger partial charge < -0.3 is 15.8 Å². The van der Waals surface area contributed by atoms with Crippen LogP contribution in [0.15, 0.2) is 78.0 Å². The van der Waals surface area contributed by atoms with E-state index in [2.05, 4.69) is 32.3 Å². The molecule has 4 aromatic heterocycles. The lowest BCUT2D eigenvalue weighted by molar-refractivity contribution is 0.0940. The number of carbonyl (C=O) groups is 1. The summed E-state index contributed by atoms with van der Waals surface area (Å²) in [6, 6.07) is 14.6. The van der Waals surface area contributed by atoms with E-state index in [0.717, 1.165) is 0 Å². The number of fused-ring (bicyclic) bond motifs is 2. The number of carbonyl (C=O) groups excluding carboxylic acids is 1. The fourth-order valence-electron chi connectivity index (χ4n) is 4.63. The molecule has 0 saturated heterocycles. The summed E-state index contributed by atoms with van der Waals surface area (Å²) in [6.07, 6.45) is 4.79. The summed E-state index contributed by atoms with van der Waals surface area (Å²) in [5.41, 5.74) is 7.71. The van der Waals surface area contributed by atoms with Gasteiger partial charge >= 0.3 is 0 Å². The van der Waals surface area contributed by atoms with E-state index in [4.69, 9.17) is 19.6 Å². The number of ether oxygens (including phenoxy) is 1. The number of hydrogen-bond acceptors (Lipinski definition) is 8. The van der Waals surface area contributed by atoms with Gasteiger partial charge in [0.2, 0.25) is 5.88 Å². The van der Waals surface area contributed by atoms with Crippen molar-refractivity contribution in [3.05, 3.63) is 106 Å². The number of nitrogen functional groups attached to an aromatic ring is 1. The molecule has 208 valence electrons. The van der Waals surface area contributed by atoms with E-state index in [1.165, 1.54) is 21.3 Å². The molecule has 1 atom stereocenters. The number of nitrogens with two attached hydrogens (primary N) is 1. The predicted molar refractivity (Wildman–Crippen MR) is 156 cm³/mol. The second-order valence-electron chi connectivity index (χ2n) is 9.39. The first-order chi connectivity index (χ1) is 21.5. The third-order valence-electron chi connectivity index (χ3n) is 6.54. The topological polar surface area (TPSA) is 147 Å². The zero-order valence-electron chi connectivity index (χ0n) is 25.4. The van der Waals surface area contributed by atoms with Gasteiger partial charge in [-0.3, -0.25) is 18.8 Å². The largest absolute Gasteiger partial charge is 0.481 e. The van der Waals surface area contributed by atoms with Crippen molar-refractivity contribution in [2.45, 2.75) is 13.0 Å². The molecule has 0 radical (unpaired) electrons. The van der Waals surface area contributed by atoms with Crippen LogP contribution in [-0.2, 0) is 7.05 Å². The third kappa shape index (κ3) is 4.69. The van der Waals surface area contributed by atoms with Gasteiger partial charge in [-0.15, -0.1) is 5.10 Å². The van der Waals surface area contributed by atoms with E-state index < -0.39 is 19.0 Å². The quantitative estimate of drug-likeness (QED) is 0.305. The molecule has 0 spiro atoms. The molecule has 12 nitrogen and oxygen atoms in total. The Bertz CT molecular complexity index is 2210. The van der Waals surface area contributed by atoms with Gasteiger partial charge in [0.05, 0.1) is 45.5 Å². The standard InChI is InChI=1S/C30H25N9O3/c1-18(33-29(40)25-26(31)36-38-15-14-23(42-3)35-28(25)38)27-34-22-11-7-8-20(13-12-19-16-32-37(2)17-19)24(22)30(41)39(27)21-9-5-4-6-10-21/h4-11,14-18H,1-3H3,(H2,31,36)(H,33,40)/t18-/m0/s1/i3D3. The molecule has 4 heterocycles. The zero-order chi connectivity index (χ0) is 31.9. The van der Waals surface area contributed by atoms with Gasteiger partial charge in [-0.05, 0) is 31.2 Å². The molecule has 12 heteroatoms. The van der Waals surface area contributed by atoms with Crippen molar-refractivity contribution >= 4 is 28.3 Å². The van der Waals surface area contributed by atoms with Crippen LogP contribution in [0.5, 0.6) is 5.88 Å². The van der Waals surface area contributed by atoms with E-state index in [9.17, 15) is 9.59 Å². The van der Waals surface area contributed by atoms with Crippen LogP contribution in [-0.4, -0.2) is 46.9 Å². The highest BCUT2D eigenvalue weighted by Crippen LogP contribution is 2.23. The van der Waals surface area contributed by atoms with Crippen LogP contribution >= 0.6 is 0 Å². The molecule has 6 rings (SSSR count). The molecule has 0 unspecified atom stereocenters. The zero-order valence-corrected chi connectivity index (χ0v) is 22.4. The highest BCUT2D eigenvalue weighted by molar-refractivity contribution is 6.04. The second kappa shape index (κ2) is 10.5. The summed E-state index contributed by atoms with van der Waals surface area (Å²) < 4.78 is 31.3. The highest BCUT2D eigenvalue weighted by Gasteiger charge is 2.25. The average Bonchev–Trinajstić information content (AvgIpc) is 3.56. The minimum absolute atomic E-state index is 0.0114. The van der Waals surface area contributed by atoms with Crippen molar-refractivity contribution in [2.24, 2.45) is 7.05 Å². The first-order valence-corrected chi connectivity index (χ1v) is 12.7. The molecule has 0 bridgehead atoms. The maximum Gasteiger partial charge on any atom is 0.267 e. The summed E-state index contributed by atoms with van der Waals surface area (Å²) in [7, 11) is -0.958. The smallest absolute Gasteiger partial charge is 0.267 e. The number of benzene rings is 2. The maximum atomic E-state index is 14.2. The lowest BCUT2D eigenvalue weighted by atomic mass is 10.1. The van der Waals surface area contributed by atoms with Crippen molar-refractivity contribution in [1.82, 2.24) is 39.2 Å². The van der Waals surface area contributed by atoms with Crippen LogP contribution in [0.25, 0.3) is 22.2 Å². The van der Waals surface area contributed by atoms with E-state index in [-0.39, 0.29) is 34.3 Å². The van der Waals surface area contributed by atoms with Crippen LogP contribution in [0.3, 0.4) is 0 Å². The number of amides is 1. The molecule has 3 N–H and O–H groups in total. The van der Waals surface area contributed by atoms with Crippen molar-refractivity contribution < 1.29 is 13.6 Å². The minimum Gasteiger partial charge on any atom is -0.481 e. The van der Waals surface area contributed by atoms with Crippen LogP contribution < -0.4 is 21.3 Å². The number of anilines is 1. The van der Waals surface area contributed by atoms with Gasteiger partial charge in [-0.1, -0.05) is 36.1 Å². The summed E-state index contributed by atoms with van der Waals surface area (Å²) >= 11 is 0. The summed E-state index contributed by atoms with van der Waals surface area (Å²) in [5, 5.41) is 11.4. The van der Waals surface area contributed by atoms with Gasteiger partial charge in [0.15, 0.2) is 11.5 Å². The molecule has 2 aromatic carbocycles. The van der Waals surface area contributed by atoms with Crippen LogP contribution in [0.4, 0.5) is 5.82 Å². The number of hydrogen-bond donors (Lipinski definition) is 2. The monoisotopic (exact) mass is 562 g/mol. The van der Waals surface area contributed by atoms with Crippen molar-refractivity contribution in [1.29, 1.82) is 0 Å². The van der Waals surface area contributed by atoms with Crippen molar-refractivity contribution in [2.75, 3.05) is 12.8 Å². The number of methoxy groups -OCH3 is 1. The molecule has 0 aliphatic rings. The lowest BCUT2D eigenvalue weighted by Gasteiger charge is -2.20. The molecule has 42 heavy (non-hydrogen) atoms. The Labute approximate surface area is 243 Å². The molecule has 0 saturated carbocycles. The van der Waals surface area contributed by atoms with Crippen LogP contribution in [0.1, 0.15) is 44.4 Å². The number of nitrogens with zero attached hydrogens (tertiary/aromatic N) is 7. The predicted octanol–water partition coefficient (Wildman–Crippen LogP) is 2.64. The van der Waals surface area contributed by atoms with Gasteiger partial charge in [-0.2, -0.15) is 10.1 Å². The Morgan fingerprint density at radius 2 is 1.95 bits per heavy atom. The van der Waals surface area contributed by atoms with E-state index in [1.54, 1.807) is 73.5 Å². The molecular formula is C30H25N9O3. The number of aryl methyl sites for hydroxylation is 1. The Morgan fingerprint density at radius 3 is 2.71 bits per heavy atom. The van der Waals surface area contributed by atoms with E-state index in [0.29, 0.717) is 27.7 Å². The van der Waals surface area contributed by atoms with Gasteiger partial charge in [-0.25, -0.2) is 9.50 Å². The fraction of sp³-hybridized carbons (Fsp3) is 0.133. The molecule has 1 amide bonds. The molecular weight excluding hydrogens is 534 g/mol. The normalized spacial score (nSPS) is 13.0. The lowest BCUT2D eigenvalue weighted by Crippen LogP contribution is -2.33. The Hall–Kier alpha value is -5.96. The second-order valence-corrected chi connectivity index (χ2v) is 9.39. The Kier molecular flexibility index (Phi) is 5.73. The first-order valence-electron chi connectivity index (χ1n) is 14.2. The Morgan fingerprint density at radius 1 is 1.12 bits per heavy atom. The number of aromatic nitrogens is 7. The van der Waals surface area contributed by atoms with E-state index >= 15 is 0 Å². The molecule has 0 aliphatic heterocycles. The molecule has 0 aliphatic carbocycles. The van der Waals surface area contributed by atoms with Crippen molar-refractivity contribution in [3.63, 3.8) is 0 Å². The molecule has 6 aromatic rings. The van der Waals surface area contributed by atoms with Gasteiger partial charge in [0.1, 0.15) is 11.4 Å². The minimum atomic E-state index is -2.75. The maximum absolute atomic E-state index is 14.2. The van der Waals surface area contributed by atoms with Gasteiger partial charge in [0, 0.05) is 31.1 Å². The highest BCUT2D eigenvalue weighted by atomic mass is 16.5. The SMILES string of the molecule is [2H]C([2H])([2H])Oc1ccn2nc(N)c(C(=O)N[C@@H](C)c3nc4cccc(C#Cc5cnn(C)c5)c4c(=O)n3-c3ccccc3)c2n1. The number of nitrogens with one attached hydrogen (secondary N) is 1. The van der Waals surface area contributed by atoms with Crippen molar-refractivity contribution in [3.8, 4) is 23.4 Å². The summed E-state index contributed by atoms with van der Waals surface area (Å²) in [6.45, 7) is 1.68. The number of para-hydroxylation sites is 1. The molecule has 0 fully saturated rings. The van der Waals surface area contributed by atoms with Gasteiger partial charge in [0.25, 0.3) is 11.5 Å². The fourth-order valence-corrected chi connectivity index (χ4v) is 4.63. The average molecular weight is 563 g/mol. The van der Waals surface area contributed by atoms with Crippen LogP contribution in [0, 0.1) is 11.8 Å². The Balaban J connectivity index is 1.43. The third-order valence-corrected chi connectivity index (χ3v) is 6.54. The summed E-state index contributed by atoms with van der Waals surface area (Å²) in [5.74, 6) is 5.33. The van der Waals surface area contributed by atoms with E-state index in [1.807, 2.05) is 6.07 Å². The first kappa shape index (κ1) is 22.8. The number of rotatable bonds is 5. The van der Waals surface area contributed by atoms with Crippen LogP contribution in [0.2, 0.25) is 0 Å². The summed E-state index contributed by atoms with van der Waals surface area (Å²) in [4.78, 5) is 36.8.